The molecule has 1 saturated carbocycles. The highest BCUT2D eigenvalue weighted by Gasteiger charge is 2.58. The van der Waals surface area contributed by atoms with E-state index in [0.717, 1.165) is 0 Å². The molecule has 47 heavy (non-hydrogen) atoms. The molecule has 17 nitrogen and oxygen atoms in total. The van der Waals surface area contributed by atoms with Gasteiger partial charge in [0.2, 0.25) is 18.3 Å². The molecule has 0 spiro atoms. The van der Waals surface area contributed by atoms with Crippen LogP contribution >= 0.6 is 0 Å². The maximum Gasteiger partial charge on any atom is 0.338 e. The van der Waals surface area contributed by atoms with Crippen molar-refractivity contribution < 1.29 is 83.5 Å². The second kappa shape index (κ2) is 14.0. The second-order valence-corrected chi connectivity index (χ2v) is 12.3. The largest absolute Gasteiger partial charge is 0.493 e. The highest BCUT2D eigenvalue weighted by molar-refractivity contribution is 5.91. The molecule has 5 rings (SSSR count). The number of rotatable bonds is 9. The average Bonchev–Trinajstić information content (AvgIpc) is 3.32. The van der Waals surface area contributed by atoms with E-state index >= 15 is 0 Å². The lowest BCUT2D eigenvalue weighted by atomic mass is 9.85. The first-order valence-corrected chi connectivity index (χ1v) is 15.1. The van der Waals surface area contributed by atoms with Gasteiger partial charge in [0.25, 0.3) is 0 Å². The van der Waals surface area contributed by atoms with Crippen molar-refractivity contribution in [3.63, 3.8) is 0 Å². The SMILES string of the molecule is COc1cc(C(=O)O[C@@H]2C[C@](C)(O)[C@H]3[C@H](O[C@@H]4O[C@H](CO)[C@@H](O)[C@H](O)[C@H]4O)OC=C[C@H]32)cc(OC)c1OC1O[C@@H](C)[C@H](O)[C@@H](O)[C@H]1O. The first-order valence-electron chi connectivity index (χ1n) is 15.1. The van der Waals surface area contributed by atoms with Gasteiger partial charge in [0.1, 0.15) is 48.8 Å². The monoisotopic (exact) mass is 674 g/mol. The third-order valence-electron chi connectivity index (χ3n) is 9.10. The van der Waals surface area contributed by atoms with E-state index in [1.165, 1.54) is 46.5 Å². The van der Waals surface area contributed by atoms with E-state index in [9.17, 15) is 45.6 Å². The van der Waals surface area contributed by atoms with Crippen LogP contribution in [-0.4, -0.2) is 147 Å². The number of fused-ring (bicyclic) bond motifs is 1. The Bertz CT molecular complexity index is 1260. The molecule has 3 heterocycles. The van der Waals surface area contributed by atoms with Crippen LogP contribution in [0.25, 0.3) is 0 Å². The van der Waals surface area contributed by atoms with Crippen molar-refractivity contribution in [3.05, 3.63) is 30.0 Å². The maximum atomic E-state index is 13.5. The molecule has 8 N–H and O–H groups in total. The van der Waals surface area contributed by atoms with Gasteiger partial charge in [-0.1, -0.05) is 0 Å². The number of aliphatic hydroxyl groups is 8. The van der Waals surface area contributed by atoms with E-state index in [0.29, 0.717) is 0 Å². The molecule has 17 heteroatoms. The van der Waals surface area contributed by atoms with Crippen LogP contribution in [0.1, 0.15) is 30.6 Å². The number of methoxy groups -OCH3 is 2. The molecule has 3 fully saturated rings. The molecule has 1 aromatic rings. The van der Waals surface area contributed by atoms with E-state index in [-0.39, 0.29) is 29.2 Å². The molecule has 3 aliphatic heterocycles. The minimum atomic E-state index is -1.70. The highest BCUT2D eigenvalue weighted by atomic mass is 16.8. The maximum absolute atomic E-state index is 13.5. The van der Waals surface area contributed by atoms with Gasteiger partial charge in [0.15, 0.2) is 17.8 Å². The molecule has 15 atom stereocenters. The fourth-order valence-electron chi connectivity index (χ4n) is 6.44. The zero-order valence-corrected chi connectivity index (χ0v) is 26.1. The van der Waals surface area contributed by atoms with Crippen LogP contribution in [0.15, 0.2) is 24.5 Å². The van der Waals surface area contributed by atoms with Gasteiger partial charge >= 0.3 is 5.97 Å². The molecule has 4 aliphatic rings. The first-order chi connectivity index (χ1) is 22.2. The van der Waals surface area contributed by atoms with Gasteiger partial charge in [0.05, 0.1) is 50.3 Å². The topological polar surface area (TPSA) is 253 Å². The molecule has 1 unspecified atom stereocenters. The van der Waals surface area contributed by atoms with Gasteiger partial charge < -0.3 is 78.7 Å². The summed E-state index contributed by atoms with van der Waals surface area (Å²) in [5.74, 6) is -2.38. The molecular formula is C30H42O17. The Balaban J connectivity index is 1.32. The summed E-state index contributed by atoms with van der Waals surface area (Å²) in [6, 6.07) is 2.61. The molecule has 0 aromatic heterocycles. The standard InChI is InChI=1S/C30H42O17/c1-11-19(32)21(34)23(36)28(43-11)46-25-14(40-3)7-12(8-15(25)41-4)26(38)44-16-9-30(2,39)18-13(16)5-6-42-27(18)47-29-24(37)22(35)20(33)17(10-31)45-29/h5-8,11,13,16-24,27-29,31-37,39H,9-10H2,1-4H3/t11-,13-,16+,17+,18+,19-,20+,21+,22-,23+,24+,27-,28?,29-,30-/m0/s1. The summed E-state index contributed by atoms with van der Waals surface area (Å²) in [6.45, 7) is 2.33. The minimum Gasteiger partial charge on any atom is -0.493 e. The van der Waals surface area contributed by atoms with Crippen molar-refractivity contribution in [2.24, 2.45) is 11.8 Å². The zero-order chi connectivity index (χ0) is 34.4. The summed E-state index contributed by atoms with van der Waals surface area (Å²) in [5, 5.41) is 82.2. The van der Waals surface area contributed by atoms with Crippen LogP contribution in [0.2, 0.25) is 0 Å². The van der Waals surface area contributed by atoms with E-state index in [4.69, 9.17) is 37.9 Å². The highest BCUT2D eigenvalue weighted by Crippen LogP contribution is 2.48. The Hall–Kier alpha value is -2.81. The fraction of sp³-hybridized carbons (Fsp3) is 0.700. The number of carbonyl (C=O) groups is 1. The quantitative estimate of drug-likeness (QED) is 0.126. The first kappa shape index (κ1) is 35.5. The zero-order valence-electron chi connectivity index (χ0n) is 26.1. The van der Waals surface area contributed by atoms with Crippen molar-refractivity contribution >= 4 is 5.97 Å². The average molecular weight is 675 g/mol. The van der Waals surface area contributed by atoms with E-state index < -0.39 is 104 Å². The molecule has 2 saturated heterocycles. The van der Waals surface area contributed by atoms with Crippen LogP contribution in [0.5, 0.6) is 17.2 Å². The summed E-state index contributed by atoms with van der Waals surface area (Å²) < 4.78 is 44.8. The van der Waals surface area contributed by atoms with E-state index in [1.54, 1.807) is 6.08 Å². The number of esters is 1. The number of carbonyl (C=O) groups excluding carboxylic acids is 1. The Labute approximate surface area is 269 Å². The van der Waals surface area contributed by atoms with E-state index in [1.807, 2.05) is 0 Å². The van der Waals surface area contributed by atoms with Crippen LogP contribution in [0.4, 0.5) is 0 Å². The Kier molecular flexibility index (Phi) is 10.5. The number of ether oxygens (including phenoxy) is 8. The number of hydrogen-bond donors (Lipinski definition) is 8. The lowest BCUT2D eigenvalue weighted by molar-refractivity contribution is -0.346. The van der Waals surface area contributed by atoms with Crippen molar-refractivity contribution in [3.8, 4) is 17.2 Å². The van der Waals surface area contributed by atoms with E-state index in [2.05, 4.69) is 0 Å². The lowest BCUT2D eigenvalue weighted by Crippen LogP contribution is -2.60. The number of hydrogen-bond acceptors (Lipinski definition) is 17. The summed E-state index contributed by atoms with van der Waals surface area (Å²) in [4.78, 5) is 13.5. The summed E-state index contributed by atoms with van der Waals surface area (Å²) >= 11 is 0. The van der Waals surface area contributed by atoms with Gasteiger partial charge in [-0.2, -0.15) is 0 Å². The van der Waals surface area contributed by atoms with Crippen molar-refractivity contribution in [1.82, 2.24) is 0 Å². The van der Waals surface area contributed by atoms with Gasteiger partial charge in [-0.15, -0.1) is 0 Å². The molecular weight excluding hydrogens is 632 g/mol. The predicted molar refractivity (Wildman–Crippen MR) is 153 cm³/mol. The minimum absolute atomic E-state index is 0.00406. The van der Waals surface area contributed by atoms with Gasteiger partial charge in [-0.05, 0) is 32.1 Å². The van der Waals surface area contributed by atoms with Crippen molar-refractivity contribution in [1.29, 1.82) is 0 Å². The van der Waals surface area contributed by atoms with Crippen LogP contribution in [-0.2, 0) is 23.7 Å². The molecule has 264 valence electrons. The van der Waals surface area contributed by atoms with Crippen molar-refractivity contribution in [2.75, 3.05) is 20.8 Å². The molecule has 1 aromatic carbocycles. The molecule has 0 radical (unpaired) electrons. The number of aliphatic hydroxyl groups excluding tert-OH is 7. The second-order valence-electron chi connectivity index (χ2n) is 12.3. The predicted octanol–water partition coefficient (Wildman–Crippen LogP) is -2.49. The number of benzene rings is 1. The molecule has 1 aliphatic carbocycles. The lowest BCUT2D eigenvalue weighted by Gasteiger charge is -2.43. The van der Waals surface area contributed by atoms with Crippen LogP contribution in [0.3, 0.4) is 0 Å². The normalized spacial score (nSPS) is 43.1. The third kappa shape index (κ3) is 6.75. The molecule has 0 bridgehead atoms. The summed E-state index contributed by atoms with van der Waals surface area (Å²) in [5.41, 5.74) is -1.55. The summed E-state index contributed by atoms with van der Waals surface area (Å²) in [6.07, 6.45) is -13.9. The summed E-state index contributed by atoms with van der Waals surface area (Å²) in [7, 11) is 2.61. The Morgan fingerprint density at radius 2 is 1.51 bits per heavy atom. The van der Waals surface area contributed by atoms with Gasteiger partial charge in [0, 0.05) is 12.3 Å². The van der Waals surface area contributed by atoms with Gasteiger partial charge in [-0.3, -0.25) is 0 Å². The van der Waals surface area contributed by atoms with Crippen LogP contribution < -0.4 is 14.2 Å². The Morgan fingerprint density at radius 3 is 2.13 bits per heavy atom. The smallest absolute Gasteiger partial charge is 0.338 e. The van der Waals surface area contributed by atoms with Crippen LogP contribution in [0, 0.1) is 11.8 Å². The Morgan fingerprint density at radius 1 is 0.894 bits per heavy atom. The van der Waals surface area contributed by atoms with Gasteiger partial charge in [-0.25, -0.2) is 4.79 Å². The fourth-order valence-corrected chi connectivity index (χ4v) is 6.44. The molecule has 0 amide bonds. The third-order valence-corrected chi connectivity index (χ3v) is 9.10. The van der Waals surface area contributed by atoms with Crippen molar-refractivity contribution in [2.45, 2.75) is 99.7 Å².